The molecule has 1 aliphatic rings. The van der Waals surface area contributed by atoms with Gasteiger partial charge < -0.3 is 15.4 Å². The topological polar surface area (TPSA) is 55.6 Å². The van der Waals surface area contributed by atoms with Crippen molar-refractivity contribution in [1.82, 2.24) is 4.90 Å². The molecule has 2 N–H and O–H groups in total. The Hall–Kier alpha value is -1.62. The van der Waals surface area contributed by atoms with Crippen molar-refractivity contribution in [3.8, 4) is 5.75 Å². The average molecular weight is 294 g/mol. The van der Waals surface area contributed by atoms with Crippen LogP contribution in [-0.4, -0.2) is 37.6 Å². The first-order chi connectivity index (χ1) is 9.95. The molecule has 1 aromatic rings. The average Bonchev–Trinajstić information content (AvgIpc) is 2.84. The molecule has 1 aromatic carbocycles. The van der Waals surface area contributed by atoms with Crippen molar-refractivity contribution in [1.29, 1.82) is 0 Å². The molecule has 21 heavy (non-hydrogen) atoms. The lowest BCUT2D eigenvalue weighted by atomic mass is 9.80. The van der Waals surface area contributed by atoms with E-state index < -0.39 is 0 Å². The van der Waals surface area contributed by atoms with Crippen molar-refractivity contribution in [3.63, 3.8) is 0 Å². The fraction of sp³-hybridized carbons (Fsp3) is 0.562. The lowest BCUT2D eigenvalue weighted by Crippen LogP contribution is -2.43. The molecule has 116 valence electrons. The third-order valence-corrected chi connectivity index (χ3v) is 4.54. The summed E-state index contributed by atoms with van der Waals surface area (Å²) in [5, 5.41) is 0. The SMILES string of the molecule is COc1cc(F)ccc1[C@@H](C)C(C(N)=O)[C@@H]1CCCN1C. The van der Waals surface area contributed by atoms with Gasteiger partial charge in [-0.2, -0.15) is 0 Å². The summed E-state index contributed by atoms with van der Waals surface area (Å²) in [4.78, 5) is 14.2. The zero-order valence-corrected chi connectivity index (χ0v) is 12.8. The first-order valence-electron chi connectivity index (χ1n) is 7.28. The van der Waals surface area contributed by atoms with Crippen molar-refractivity contribution in [3.05, 3.63) is 29.6 Å². The molecule has 1 unspecified atom stereocenters. The lowest BCUT2D eigenvalue weighted by Gasteiger charge is -2.32. The molecule has 3 atom stereocenters. The molecule has 0 aromatic heterocycles. The molecule has 1 aliphatic heterocycles. The summed E-state index contributed by atoms with van der Waals surface area (Å²) in [6.45, 7) is 2.93. The van der Waals surface area contributed by atoms with Gasteiger partial charge in [0.2, 0.25) is 5.91 Å². The van der Waals surface area contributed by atoms with Crippen LogP contribution in [0.1, 0.15) is 31.2 Å². The van der Waals surface area contributed by atoms with Gasteiger partial charge >= 0.3 is 0 Å². The number of carbonyl (C=O) groups is 1. The van der Waals surface area contributed by atoms with E-state index in [-0.39, 0.29) is 29.6 Å². The number of rotatable bonds is 5. The number of benzene rings is 1. The van der Waals surface area contributed by atoms with E-state index in [0.717, 1.165) is 24.9 Å². The number of nitrogens with two attached hydrogens (primary N) is 1. The van der Waals surface area contributed by atoms with Gasteiger partial charge in [-0.3, -0.25) is 4.79 Å². The highest BCUT2D eigenvalue weighted by molar-refractivity contribution is 5.78. The van der Waals surface area contributed by atoms with Gasteiger partial charge in [0.15, 0.2) is 0 Å². The van der Waals surface area contributed by atoms with Gasteiger partial charge in [-0.25, -0.2) is 4.39 Å². The minimum absolute atomic E-state index is 0.122. The summed E-state index contributed by atoms with van der Waals surface area (Å²) in [7, 11) is 3.52. The van der Waals surface area contributed by atoms with E-state index in [4.69, 9.17) is 10.5 Å². The van der Waals surface area contributed by atoms with Crippen molar-refractivity contribution in [2.75, 3.05) is 20.7 Å². The van der Waals surface area contributed by atoms with Gasteiger partial charge in [-0.1, -0.05) is 13.0 Å². The van der Waals surface area contributed by atoms with Crippen LogP contribution in [0.2, 0.25) is 0 Å². The highest BCUT2D eigenvalue weighted by Gasteiger charge is 2.38. The van der Waals surface area contributed by atoms with Crippen molar-refractivity contribution in [2.24, 2.45) is 11.7 Å². The minimum atomic E-state index is -0.351. The Morgan fingerprint density at radius 1 is 1.52 bits per heavy atom. The number of halogens is 1. The maximum absolute atomic E-state index is 13.3. The molecule has 4 nitrogen and oxygen atoms in total. The molecule has 2 rings (SSSR count). The summed E-state index contributed by atoms with van der Waals surface area (Å²) in [5.41, 5.74) is 6.48. The number of amides is 1. The van der Waals surface area contributed by atoms with Gasteiger partial charge in [-0.05, 0) is 44.0 Å². The number of hydrogen-bond donors (Lipinski definition) is 1. The molecule has 1 saturated heterocycles. The molecule has 0 spiro atoms. The van der Waals surface area contributed by atoms with Crippen LogP contribution in [0.15, 0.2) is 18.2 Å². The highest BCUT2D eigenvalue weighted by Crippen LogP contribution is 2.37. The van der Waals surface area contributed by atoms with Gasteiger partial charge in [0, 0.05) is 12.1 Å². The van der Waals surface area contributed by atoms with Crippen molar-refractivity contribution >= 4 is 5.91 Å². The van der Waals surface area contributed by atoms with Crippen LogP contribution in [-0.2, 0) is 4.79 Å². The maximum atomic E-state index is 13.3. The quantitative estimate of drug-likeness (QED) is 0.905. The number of carbonyl (C=O) groups excluding carboxylic acids is 1. The second kappa shape index (κ2) is 6.43. The molecule has 5 heteroatoms. The number of primary amides is 1. The molecule has 1 heterocycles. The maximum Gasteiger partial charge on any atom is 0.222 e. The second-order valence-corrected chi connectivity index (χ2v) is 5.79. The smallest absolute Gasteiger partial charge is 0.222 e. The number of hydrogen-bond acceptors (Lipinski definition) is 3. The Morgan fingerprint density at radius 3 is 2.76 bits per heavy atom. The first-order valence-corrected chi connectivity index (χ1v) is 7.28. The summed E-state index contributed by atoms with van der Waals surface area (Å²) in [6, 6.07) is 4.56. The normalized spacial score (nSPS) is 22.0. The number of likely N-dealkylation sites (tertiary alicyclic amines) is 1. The predicted molar refractivity (Wildman–Crippen MR) is 79.7 cm³/mol. The molecular formula is C16H23FN2O2. The Balaban J connectivity index is 2.34. The largest absolute Gasteiger partial charge is 0.496 e. The second-order valence-electron chi connectivity index (χ2n) is 5.79. The summed E-state index contributed by atoms with van der Waals surface area (Å²) >= 11 is 0. The third kappa shape index (κ3) is 3.18. The van der Waals surface area contributed by atoms with Crippen LogP contribution >= 0.6 is 0 Å². The summed E-state index contributed by atoms with van der Waals surface area (Å²) in [5.74, 6) is -0.626. The Kier molecular flexibility index (Phi) is 4.83. The fourth-order valence-corrected chi connectivity index (χ4v) is 3.41. The van der Waals surface area contributed by atoms with Crippen LogP contribution in [0, 0.1) is 11.7 Å². The molecule has 0 aliphatic carbocycles. The Morgan fingerprint density at radius 2 is 2.24 bits per heavy atom. The summed E-state index contributed by atoms with van der Waals surface area (Å²) in [6.07, 6.45) is 2.02. The van der Waals surface area contributed by atoms with Crippen LogP contribution in [0.5, 0.6) is 5.75 Å². The molecule has 0 bridgehead atoms. The molecule has 1 fully saturated rings. The van der Waals surface area contributed by atoms with Crippen LogP contribution in [0.4, 0.5) is 4.39 Å². The standard InChI is InChI=1S/C16H23FN2O2/c1-10(12-7-6-11(17)9-14(12)21-3)15(16(18)20)13-5-4-8-19(13)2/h6-7,9-10,13,15H,4-5,8H2,1-3H3,(H2,18,20)/t10-,13+,15?/m1/s1. The third-order valence-electron chi connectivity index (χ3n) is 4.54. The van der Waals surface area contributed by atoms with Crippen LogP contribution in [0.3, 0.4) is 0 Å². The predicted octanol–water partition coefficient (Wildman–Crippen LogP) is 2.13. The van der Waals surface area contributed by atoms with Gasteiger partial charge in [0.25, 0.3) is 0 Å². The van der Waals surface area contributed by atoms with E-state index in [9.17, 15) is 9.18 Å². The molecule has 0 radical (unpaired) electrons. The van der Waals surface area contributed by atoms with E-state index in [1.165, 1.54) is 19.2 Å². The van der Waals surface area contributed by atoms with E-state index in [0.29, 0.717) is 5.75 Å². The highest BCUT2D eigenvalue weighted by atomic mass is 19.1. The molecular weight excluding hydrogens is 271 g/mol. The monoisotopic (exact) mass is 294 g/mol. The van der Waals surface area contributed by atoms with E-state index in [1.54, 1.807) is 6.07 Å². The first kappa shape index (κ1) is 15.8. The van der Waals surface area contributed by atoms with Gasteiger partial charge in [0.1, 0.15) is 11.6 Å². The summed E-state index contributed by atoms with van der Waals surface area (Å²) < 4.78 is 18.6. The Bertz CT molecular complexity index is 521. The zero-order valence-electron chi connectivity index (χ0n) is 12.8. The van der Waals surface area contributed by atoms with Crippen molar-refractivity contribution < 1.29 is 13.9 Å². The van der Waals surface area contributed by atoms with E-state index >= 15 is 0 Å². The Labute approximate surface area is 125 Å². The zero-order chi connectivity index (χ0) is 15.6. The van der Waals surface area contributed by atoms with Gasteiger partial charge in [0.05, 0.1) is 13.0 Å². The van der Waals surface area contributed by atoms with Crippen LogP contribution in [0.25, 0.3) is 0 Å². The number of methoxy groups -OCH3 is 1. The lowest BCUT2D eigenvalue weighted by molar-refractivity contribution is -0.124. The molecule has 0 saturated carbocycles. The van der Waals surface area contributed by atoms with Crippen LogP contribution < -0.4 is 10.5 Å². The number of nitrogens with zero attached hydrogens (tertiary/aromatic N) is 1. The number of ether oxygens (including phenoxy) is 1. The van der Waals surface area contributed by atoms with Gasteiger partial charge in [-0.15, -0.1) is 0 Å². The van der Waals surface area contributed by atoms with E-state index in [1.807, 2.05) is 14.0 Å². The van der Waals surface area contributed by atoms with E-state index in [2.05, 4.69) is 4.90 Å². The fourth-order valence-electron chi connectivity index (χ4n) is 3.41. The molecule has 1 amide bonds. The minimum Gasteiger partial charge on any atom is -0.496 e. The van der Waals surface area contributed by atoms with Crippen molar-refractivity contribution in [2.45, 2.75) is 31.7 Å².